The molecule has 4 rings (SSSR count). The zero-order valence-corrected chi connectivity index (χ0v) is 19.0. The van der Waals surface area contributed by atoms with Crippen molar-refractivity contribution < 1.29 is 24.2 Å². The minimum absolute atomic E-state index is 0.00646. The van der Waals surface area contributed by atoms with Crippen LogP contribution in [-0.4, -0.2) is 53.2 Å². The molecule has 0 aromatic heterocycles. The SMILES string of the molecule is CC(C)N(CC(=O)O)C(=O)C(NC(=O)OCC1c2ccccc2-c2ccccc21)C1CCC1. The molecule has 1 fully saturated rings. The number of fused-ring (bicyclic) bond motifs is 3. The number of aliphatic carboxylic acids is 1. The average molecular weight is 451 g/mol. The Bertz CT molecular complexity index is 1000. The number of benzene rings is 2. The van der Waals surface area contributed by atoms with Gasteiger partial charge >= 0.3 is 12.1 Å². The molecule has 33 heavy (non-hydrogen) atoms. The van der Waals surface area contributed by atoms with E-state index in [2.05, 4.69) is 17.4 Å². The van der Waals surface area contributed by atoms with E-state index in [1.807, 2.05) is 36.4 Å². The van der Waals surface area contributed by atoms with Crippen molar-refractivity contribution in [2.24, 2.45) is 5.92 Å². The third-order valence-corrected chi connectivity index (χ3v) is 6.72. The number of ether oxygens (including phenoxy) is 1. The van der Waals surface area contributed by atoms with Gasteiger partial charge in [-0.1, -0.05) is 55.0 Å². The van der Waals surface area contributed by atoms with Gasteiger partial charge < -0.3 is 20.1 Å². The van der Waals surface area contributed by atoms with Crippen LogP contribution in [0.25, 0.3) is 11.1 Å². The Morgan fingerprint density at radius 2 is 1.61 bits per heavy atom. The molecule has 0 bridgehead atoms. The number of hydrogen-bond acceptors (Lipinski definition) is 4. The van der Waals surface area contributed by atoms with Crippen molar-refractivity contribution in [1.29, 1.82) is 0 Å². The Hall–Kier alpha value is -3.35. The standard InChI is InChI=1S/C26H30N2O5/c1-16(2)28(14-23(29)30)25(31)24(17-8-7-9-17)27-26(32)33-15-22-20-12-5-3-10-18(20)19-11-4-6-13-21(19)22/h3-6,10-13,16-17,22,24H,7-9,14-15H2,1-2H3,(H,27,32)(H,29,30). The average Bonchev–Trinajstić information content (AvgIpc) is 3.07. The highest BCUT2D eigenvalue weighted by Gasteiger charge is 2.38. The van der Waals surface area contributed by atoms with E-state index in [1.165, 1.54) is 4.90 Å². The second-order valence-electron chi connectivity index (χ2n) is 9.09. The molecule has 174 valence electrons. The van der Waals surface area contributed by atoms with Gasteiger partial charge in [-0.2, -0.15) is 0 Å². The second-order valence-corrected chi connectivity index (χ2v) is 9.09. The number of rotatable bonds is 8. The minimum Gasteiger partial charge on any atom is -0.480 e. The van der Waals surface area contributed by atoms with E-state index in [0.29, 0.717) is 0 Å². The first-order chi connectivity index (χ1) is 15.9. The molecule has 0 spiro atoms. The van der Waals surface area contributed by atoms with Gasteiger partial charge in [0.2, 0.25) is 5.91 Å². The van der Waals surface area contributed by atoms with E-state index in [0.717, 1.165) is 41.5 Å². The predicted octanol–water partition coefficient (Wildman–Crippen LogP) is 4.02. The lowest BCUT2D eigenvalue weighted by Crippen LogP contribution is -2.56. The van der Waals surface area contributed by atoms with Gasteiger partial charge in [-0.15, -0.1) is 0 Å². The molecule has 0 aliphatic heterocycles. The summed E-state index contributed by atoms with van der Waals surface area (Å²) in [6, 6.07) is 15.1. The summed E-state index contributed by atoms with van der Waals surface area (Å²) in [6.45, 7) is 3.30. The molecule has 0 heterocycles. The maximum Gasteiger partial charge on any atom is 0.407 e. The summed E-state index contributed by atoms with van der Waals surface area (Å²) in [5.41, 5.74) is 4.52. The number of amides is 2. The van der Waals surface area contributed by atoms with Crippen molar-refractivity contribution in [3.8, 4) is 11.1 Å². The third-order valence-electron chi connectivity index (χ3n) is 6.72. The Kier molecular flexibility index (Phi) is 6.67. The summed E-state index contributed by atoms with van der Waals surface area (Å²) in [5.74, 6) is -1.52. The normalized spacial score (nSPS) is 15.8. The van der Waals surface area contributed by atoms with Crippen molar-refractivity contribution in [3.63, 3.8) is 0 Å². The molecule has 2 aromatic rings. The number of nitrogens with zero attached hydrogens (tertiary/aromatic N) is 1. The van der Waals surface area contributed by atoms with Crippen LogP contribution in [0.5, 0.6) is 0 Å². The zero-order valence-electron chi connectivity index (χ0n) is 19.0. The lowest BCUT2D eigenvalue weighted by atomic mass is 9.79. The largest absolute Gasteiger partial charge is 0.480 e. The first kappa shape index (κ1) is 22.8. The molecule has 0 saturated heterocycles. The maximum absolute atomic E-state index is 13.2. The summed E-state index contributed by atoms with van der Waals surface area (Å²) >= 11 is 0. The van der Waals surface area contributed by atoms with Crippen molar-refractivity contribution in [2.75, 3.05) is 13.2 Å². The quantitative estimate of drug-likeness (QED) is 0.633. The van der Waals surface area contributed by atoms with Gasteiger partial charge in [-0.25, -0.2) is 4.79 Å². The number of carbonyl (C=O) groups is 3. The summed E-state index contributed by atoms with van der Waals surface area (Å²) in [6.07, 6.45) is 1.97. The number of carbonyl (C=O) groups excluding carboxylic acids is 2. The highest BCUT2D eigenvalue weighted by Crippen LogP contribution is 2.44. The number of carboxylic acid groups (broad SMARTS) is 1. The Morgan fingerprint density at radius 1 is 1.03 bits per heavy atom. The van der Waals surface area contributed by atoms with E-state index in [-0.39, 0.29) is 30.4 Å². The van der Waals surface area contributed by atoms with Gasteiger partial charge in [0, 0.05) is 12.0 Å². The van der Waals surface area contributed by atoms with Crippen LogP contribution in [-0.2, 0) is 14.3 Å². The van der Waals surface area contributed by atoms with Gasteiger partial charge in [0.25, 0.3) is 0 Å². The molecular formula is C26H30N2O5. The number of carboxylic acids is 1. The zero-order chi connectivity index (χ0) is 23.5. The van der Waals surface area contributed by atoms with Crippen molar-refractivity contribution >= 4 is 18.0 Å². The van der Waals surface area contributed by atoms with Crippen molar-refractivity contribution in [1.82, 2.24) is 10.2 Å². The van der Waals surface area contributed by atoms with Gasteiger partial charge in [0.05, 0.1) is 0 Å². The van der Waals surface area contributed by atoms with Crippen LogP contribution in [0.2, 0.25) is 0 Å². The van der Waals surface area contributed by atoms with E-state index in [1.54, 1.807) is 13.8 Å². The lowest BCUT2D eigenvalue weighted by Gasteiger charge is -2.37. The van der Waals surface area contributed by atoms with Gasteiger partial charge in [-0.3, -0.25) is 9.59 Å². The van der Waals surface area contributed by atoms with E-state index >= 15 is 0 Å². The Morgan fingerprint density at radius 3 is 2.09 bits per heavy atom. The Labute approximate surface area is 193 Å². The van der Waals surface area contributed by atoms with Crippen molar-refractivity contribution in [2.45, 2.75) is 51.1 Å². The molecule has 2 amide bonds. The molecule has 2 aromatic carbocycles. The van der Waals surface area contributed by atoms with Crippen LogP contribution in [0, 0.1) is 5.92 Å². The summed E-state index contributed by atoms with van der Waals surface area (Å²) in [7, 11) is 0. The van der Waals surface area contributed by atoms with Crippen LogP contribution in [0.15, 0.2) is 48.5 Å². The second kappa shape index (κ2) is 9.65. The van der Waals surface area contributed by atoms with Gasteiger partial charge in [0.15, 0.2) is 0 Å². The molecule has 7 heteroatoms. The molecule has 2 aliphatic rings. The monoisotopic (exact) mass is 450 g/mol. The molecule has 2 aliphatic carbocycles. The molecule has 1 saturated carbocycles. The first-order valence-electron chi connectivity index (χ1n) is 11.5. The third kappa shape index (κ3) is 4.72. The molecule has 7 nitrogen and oxygen atoms in total. The molecule has 2 N–H and O–H groups in total. The van der Waals surface area contributed by atoms with E-state index in [9.17, 15) is 19.5 Å². The fourth-order valence-corrected chi connectivity index (χ4v) is 4.76. The fourth-order valence-electron chi connectivity index (χ4n) is 4.76. The molecule has 1 atom stereocenters. The predicted molar refractivity (Wildman–Crippen MR) is 124 cm³/mol. The fraction of sp³-hybridized carbons (Fsp3) is 0.423. The van der Waals surface area contributed by atoms with Crippen LogP contribution >= 0.6 is 0 Å². The summed E-state index contributed by atoms with van der Waals surface area (Å²) in [5, 5.41) is 12.0. The van der Waals surface area contributed by atoms with Gasteiger partial charge in [-0.05, 0) is 54.9 Å². The van der Waals surface area contributed by atoms with Crippen LogP contribution in [0.3, 0.4) is 0 Å². The van der Waals surface area contributed by atoms with Gasteiger partial charge in [0.1, 0.15) is 19.2 Å². The molecule has 1 unspecified atom stereocenters. The highest BCUT2D eigenvalue weighted by molar-refractivity contribution is 5.88. The highest BCUT2D eigenvalue weighted by atomic mass is 16.5. The molecule has 0 radical (unpaired) electrons. The lowest BCUT2D eigenvalue weighted by molar-refractivity contribution is -0.147. The topological polar surface area (TPSA) is 95.9 Å². The smallest absolute Gasteiger partial charge is 0.407 e. The number of hydrogen-bond donors (Lipinski definition) is 2. The minimum atomic E-state index is -1.08. The Balaban J connectivity index is 1.45. The van der Waals surface area contributed by atoms with E-state index < -0.39 is 24.6 Å². The number of alkyl carbamates (subject to hydrolysis) is 1. The first-order valence-corrected chi connectivity index (χ1v) is 11.5. The van der Waals surface area contributed by atoms with Crippen LogP contribution in [0.4, 0.5) is 4.79 Å². The number of nitrogens with one attached hydrogen (secondary N) is 1. The summed E-state index contributed by atoms with van der Waals surface area (Å²) in [4.78, 5) is 38.5. The van der Waals surface area contributed by atoms with Crippen LogP contribution < -0.4 is 5.32 Å². The summed E-state index contributed by atoms with van der Waals surface area (Å²) < 4.78 is 5.62. The van der Waals surface area contributed by atoms with E-state index in [4.69, 9.17) is 4.74 Å². The maximum atomic E-state index is 13.2. The van der Waals surface area contributed by atoms with Crippen molar-refractivity contribution in [3.05, 3.63) is 59.7 Å². The molecular weight excluding hydrogens is 420 g/mol. The van der Waals surface area contributed by atoms with Crippen LogP contribution in [0.1, 0.15) is 50.2 Å².